The molecule has 0 fully saturated rings. The van der Waals surface area contributed by atoms with Crippen LogP contribution in [0.4, 0.5) is 0 Å². The van der Waals surface area contributed by atoms with E-state index in [1.807, 2.05) is 34.6 Å². The molecule has 3 N–H and O–H groups in total. The smallest absolute Gasteiger partial charge is 0.225 e. The first-order valence-electron chi connectivity index (χ1n) is 7.38. The maximum atomic E-state index is 11.8. The first kappa shape index (κ1) is 20.7. The van der Waals surface area contributed by atoms with Crippen LogP contribution in [0.25, 0.3) is 0 Å². The molecule has 0 aliphatic rings. The molecule has 0 aromatic carbocycles. The zero-order valence-corrected chi connectivity index (χ0v) is 14.6. The molecule has 0 bridgehead atoms. The Morgan fingerprint density at radius 3 is 1.68 bits per heavy atom. The summed E-state index contributed by atoms with van der Waals surface area (Å²) in [5.74, 6) is 0.108. The Hall–Kier alpha value is -0.570. The highest BCUT2D eigenvalue weighted by atomic mass is 16.2. The molecule has 0 atom stereocenters. The predicted octanol–water partition coefficient (Wildman–Crippen LogP) is 3.58. The van der Waals surface area contributed by atoms with Crippen molar-refractivity contribution in [2.75, 3.05) is 13.1 Å². The number of rotatable bonds is 5. The third-order valence-electron chi connectivity index (χ3n) is 2.92. The highest BCUT2D eigenvalue weighted by Gasteiger charge is 2.29. The molecule has 0 radical (unpaired) electrons. The molecule has 0 rings (SSSR count). The Morgan fingerprint density at radius 1 is 0.947 bits per heavy atom. The Balaban J connectivity index is 0. The molecule has 0 spiro atoms. The minimum Gasteiger partial charge on any atom is -0.355 e. The number of amides is 1. The van der Waals surface area contributed by atoms with Gasteiger partial charge in [0.2, 0.25) is 5.91 Å². The monoisotopic (exact) mass is 272 g/mol. The van der Waals surface area contributed by atoms with E-state index in [0.29, 0.717) is 13.1 Å². The number of nitrogens with two attached hydrogens (primary N) is 1. The molecule has 0 unspecified atom stereocenters. The van der Waals surface area contributed by atoms with Gasteiger partial charge in [-0.3, -0.25) is 4.79 Å². The lowest BCUT2D eigenvalue weighted by Crippen LogP contribution is -2.42. The molecular weight excluding hydrogens is 236 g/mol. The first-order chi connectivity index (χ1) is 8.40. The van der Waals surface area contributed by atoms with E-state index < -0.39 is 0 Å². The second-order valence-corrected chi connectivity index (χ2v) is 7.64. The van der Waals surface area contributed by atoms with Gasteiger partial charge in [-0.15, -0.1) is 0 Å². The quantitative estimate of drug-likeness (QED) is 0.804. The van der Waals surface area contributed by atoms with E-state index >= 15 is 0 Å². The van der Waals surface area contributed by atoms with Crippen LogP contribution in [0.3, 0.4) is 0 Å². The molecule has 3 nitrogen and oxygen atoms in total. The Morgan fingerprint density at radius 2 is 1.37 bits per heavy atom. The molecule has 0 aliphatic carbocycles. The van der Waals surface area contributed by atoms with Crippen LogP contribution in [0.5, 0.6) is 0 Å². The molecule has 3 heteroatoms. The van der Waals surface area contributed by atoms with Crippen LogP contribution in [0, 0.1) is 16.2 Å². The van der Waals surface area contributed by atoms with Crippen LogP contribution < -0.4 is 11.1 Å². The molecule has 0 aromatic heterocycles. The number of carbonyl (C=O) groups excluding carboxylic acids is 1. The van der Waals surface area contributed by atoms with E-state index in [2.05, 4.69) is 33.0 Å². The van der Waals surface area contributed by atoms with Crippen molar-refractivity contribution < 1.29 is 4.79 Å². The van der Waals surface area contributed by atoms with Crippen molar-refractivity contribution in [1.29, 1.82) is 0 Å². The second-order valence-electron chi connectivity index (χ2n) is 7.64. The van der Waals surface area contributed by atoms with Crippen molar-refractivity contribution in [3.05, 3.63) is 0 Å². The number of carbonyl (C=O) groups is 1. The van der Waals surface area contributed by atoms with Gasteiger partial charge >= 0.3 is 0 Å². The predicted molar refractivity (Wildman–Crippen MR) is 85.0 cm³/mol. The van der Waals surface area contributed by atoms with Crippen LogP contribution in [0.2, 0.25) is 0 Å². The van der Waals surface area contributed by atoms with Gasteiger partial charge in [0.1, 0.15) is 0 Å². The summed E-state index contributed by atoms with van der Waals surface area (Å²) in [6.45, 7) is 19.8. The molecule has 0 heterocycles. The lowest BCUT2D eigenvalue weighted by molar-refractivity contribution is -0.129. The summed E-state index contributed by atoms with van der Waals surface area (Å²) in [6.07, 6.45) is 1.00. The van der Waals surface area contributed by atoms with Crippen molar-refractivity contribution in [3.63, 3.8) is 0 Å². The Bertz CT molecular complexity index is 262. The molecular formula is C16H36N2O. The summed E-state index contributed by atoms with van der Waals surface area (Å²) in [5.41, 5.74) is 5.63. The van der Waals surface area contributed by atoms with Gasteiger partial charge < -0.3 is 11.1 Å². The fraction of sp³-hybridized carbons (Fsp3) is 0.938. The third kappa shape index (κ3) is 9.94. The number of nitrogens with one attached hydrogen (secondary N) is 1. The van der Waals surface area contributed by atoms with Crippen molar-refractivity contribution in [1.82, 2.24) is 5.32 Å². The zero-order valence-electron chi connectivity index (χ0n) is 14.6. The third-order valence-corrected chi connectivity index (χ3v) is 2.92. The molecule has 116 valence electrons. The van der Waals surface area contributed by atoms with Crippen molar-refractivity contribution in [3.8, 4) is 0 Å². The molecule has 19 heavy (non-hydrogen) atoms. The van der Waals surface area contributed by atoms with Gasteiger partial charge in [-0.1, -0.05) is 62.3 Å². The van der Waals surface area contributed by atoms with Crippen LogP contribution >= 0.6 is 0 Å². The van der Waals surface area contributed by atoms with Crippen LogP contribution in [0.15, 0.2) is 0 Å². The van der Waals surface area contributed by atoms with E-state index in [1.165, 1.54) is 0 Å². The first-order valence-corrected chi connectivity index (χ1v) is 7.38. The largest absolute Gasteiger partial charge is 0.355 e. The summed E-state index contributed by atoms with van der Waals surface area (Å²) in [7, 11) is 0. The molecule has 0 saturated heterocycles. The van der Waals surface area contributed by atoms with E-state index in [9.17, 15) is 4.79 Å². The van der Waals surface area contributed by atoms with Crippen molar-refractivity contribution >= 4 is 5.91 Å². The fourth-order valence-electron chi connectivity index (χ4n) is 2.01. The summed E-state index contributed by atoms with van der Waals surface area (Å²) in [4.78, 5) is 11.8. The maximum absolute atomic E-state index is 11.8. The molecule has 0 aromatic rings. The topological polar surface area (TPSA) is 55.1 Å². The maximum Gasteiger partial charge on any atom is 0.225 e. The highest BCUT2D eigenvalue weighted by molar-refractivity contribution is 5.81. The molecule has 0 aliphatic heterocycles. The van der Waals surface area contributed by atoms with Gasteiger partial charge in [0.25, 0.3) is 0 Å². The average molecular weight is 272 g/mol. The minimum atomic E-state index is -0.320. The van der Waals surface area contributed by atoms with Gasteiger partial charge in [0.15, 0.2) is 0 Å². The van der Waals surface area contributed by atoms with E-state index in [1.54, 1.807) is 0 Å². The second kappa shape index (κ2) is 7.88. The summed E-state index contributed by atoms with van der Waals surface area (Å²) >= 11 is 0. The Labute approximate surface area is 120 Å². The van der Waals surface area contributed by atoms with Crippen LogP contribution in [-0.4, -0.2) is 19.0 Å². The van der Waals surface area contributed by atoms with Crippen LogP contribution in [0.1, 0.15) is 68.7 Å². The van der Waals surface area contributed by atoms with Gasteiger partial charge in [-0.25, -0.2) is 0 Å². The SMILES string of the molecule is CC.CC(C)(CN)CC(C)(C)CNC(=O)C(C)(C)C. The normalized spacial score (nSPS) is 12.5. The van der Waals surface area contributed by atoms with Crippen LogP contribution in [-0.2, 0) is 4.79 Å². The lowest BCUT2D eigenvalue weighted by Gasteiger charge is -2.35. The highest BCUT2D eigenvalue weighted by Crippen LogP contribution is 2.32. The van der Waals surface area contributed by atoms with Gasteiger partial charge in [-0.2, -0.15) is 0 Å². The number of hydrogen-bond donors (Lipinski definition) is 2. The fourth-order valence-corrected chi connectivity index (χ4v) is 2.01. The van der Waals surface area contributed by atoms with Crippen molar-refractivity contribution in [2.24, 2.45) is 22.0 Å². The van der Waals surface area contributed by atoms with Gasteiger partial charge in [0, 0.05) is 12.0 Å². The average Bonchev–Trinajstić information content (AvgIpc) is 2.26. The van der Waals surface area contributed by atoms with Gasteiger partial charge in [0.05, 0.1) is 0 Å². The van der Waals surface area contributed by atoms with Crippen molar-refractivity contribution in [2.45, 2.75) is 68.7 Å². The van der Waals surface area contributed by atoms with E-state index in [0.717, 1.165) is 6.42 Å². The number of hydrogen-bond acceptors (Lipinski definition) is 2. The standard InChI is InChI=1S/C14H30N2O.C2H6/c1-12(2,3)11(17)16-10-14(6,7)8-13(4,5)9-15;1-2/h8-10,15H2,1-7H3,(H,16,17);1-2H3. The van der Waals surface area contributed by atoms with Gasteiger partial charge in [-0.05, 0) is 23.8 Å². The Kier molecular flexibility index (Phi) is 8.61. The zero-order chi connectivity index (χ0) is 15.9. The molecule has 1 amide bonds. The minimum absolute atomic E-state index is 0.0732. The summed E-state index contributed by atoms with van der Waals surface area (Å²) < 4.78 is 0. The van der Waals surface area contributed by atoms with E-state index in [-0.39, 0.29) is 22.2 Å². The lowest BCUT2D eigenvalue weighted by atomic mass is 9.75. The summed E-state index contributed by atoms with van der Waals surface area (Å²) in [6, 6.07) is 0. The molecule has 0 saturated carbocycles. The van der Waals surface area contributed by atoms with E-state index in [4.69, 9.17) is 5.73 Å². The summed E-state index contributed by atoms with van der Waals surface area (Å²) in [5, 5.41) is 3.03.